The number of carbonyl (C=O) groups is 1. The number of fused-ring (bicyclic) bond motifs is 1. The molecule has 4 rings (SSSR count). The van der Waals surface area contributed by atoms with E-state index >= 15 is 0 Å². The van der Waals surface area contributed by atoms with Gasteiger partial charge in [0.2, 0.25) is 10.9 Å². The van der Waals surface area contributed by atoms with Crippen molar-refractivity contribution in [2.45, 2.75) is 0 Å². The topological polar surface area (TPSA) is 73.2 Å². The van der Waals surface area contributed by atoms with Gasteiger partial charge in [0.15, 0.2) is 0 Å². The first-order valence-corrected chi connectivity index (χ1v) is 9.39. The van der Waals surface area contributed by atoms with Crippen molar-refractivity contribution in [3.63, 3.8) is 0 Å². The minimum atomic E-state index is -0.446. The fourth-order valence-corrected chi connectivity index (χ4v) is 3.50. The molecule has 28 heavy (non-hydrogen) atoms. The normalized spacial score (nSPS) is 13.7. The van der Waals surface area contributed by atoms with E-state index in [4.69, 9.17) is 14.2 Å². The van der Waals surface area contributed by atoms with E-state index in [2.05, 4.69) is 10.1 Å². The Balaban J connectivity index is 1.72. The van der Waals surface area contributed by atoms with Crippen LogP contribution in [0.3, 0.4) is 0 Å². The van der Waals surface area contributed by atoms with Gasteiger partial charge >= 0.3 is 5.91 Å². The Labute approximate surface area is 165 Å². The number of hydrogen-bond donors (Lipinski definition) is 0. The van der Waals surface area contributed by atoms with Crippen LogP contribution in [0.25, 0.3) is 10.2 Å². The molecule has 0 atom stereocenters. The van der Waals surface area contributed by atoms with Crippen LogP contribution >= 0.6 is 11.3 Å². The summed E-state index contributed by atoms with van der Waals surface area (Å²) >= 11 is 1.34. The van der Waals surface area contributed by atoms with Crippen molar-refractivity contribution in [1.82, 2.24) is 4.98 Å². The number of aromatic nitrogens is 1. The number of methoxy groups -OCH3 is 1. The van der Waals surface area contributed by atoms with E-state index in [0.29, 0.717) is 18.3 Å². The minimum absolute atomic E-state index is 0.0910. The number of hydrazone groups is 1. The van der Waals surface area contributed by atoms with Crippen molar-refractivity contribution in [2.24, 2.45) is 5.10 Å². The molecule has 0 radical (unpaired) electrons. The van der Waals surface area contributed by atoms with Crippen LogP contribution in [0.1, 0.15) is 5.56 Å². The van der Waals surface area contributed by atoms with Gasteiger partial charge in [-0.05, 0) is 23.8 Å². The summed E-state index contributed by atoms with van der Waals surface area (Å²) in [6.45, 7) is 0.718. The number of hydrogen-bond acceptors (Lipinski definition) is 7. The van der Waals surface area contributed by atoms with E-state index < -0.39 is 5.91 Å². The van der Waals surface area contributed by atoms with Crippen LogP contribution in [0, 0.1) is 0 Å². The lowest BCUT2D eigenvalue weighted by Gasteiger charge is -2.19. The summed E-state index contributed by atoms with van der Waals surface area (Å²) in [5.41, 5.74) is 1.61. The van der Waals surface area contributed by atoms with Crippen molar-refractivity contribution < 1.29 is 19.0 Å². The van der Waals surface area contributed by atoms with Gasteiger partial charge in [-0.3, -0.25) is 4.79 Å². The second-order valence-electron chi connectivity index (χ2n) is 5.80. The van der Waals surface area contributed by atoms with Crippen molar-refractivity contribution in [1.29, 1.82) is 0 Å². The zero-order valence-electron chi connectivity index (χ0n) is 15.1. The second kappa shape index (κ2) is 8.10. The highest BCUT2D eigenvalue weighted by atomic mass is 32.1. The number of anilines is 1. The molecule has 1 aliphatic rings. The molecule has 142 valence electrons. The Morgan fingerprint density at radius 2 is 2.11 bits per heavy atom. The maximum atomic E-state index is 13.0. The second-order valence-corrected chi connectivity index (χ2v) is 6.81. The minimum Gasteiger partial charge on any atom is -0.497 e. The summed E-state index contributed by atoms with van der Waals surface area (Å²) in [6.07, 6.45) is 2.92. The molecule has 0 aliphatic carbocycles. The molecule has 0 saturated heterocycles. The Kier molecular flexibility index (Phi) is 5.20. The average Bonchev–Trinajstić information content (AvgIpc) is 3.18. The molecule has 1 amide bonds. The summed E-state index contributed by atoms with van der Waals surface area (Å²) < 4.78 is 16.8. The fourth-order valence-electron chi connectivity index (χ4n) is 2.55. The van der Waals surface area contributed by atoms with E-state index in [0.717, 1.165) is 21.5 Å². The maximum Gasteiger partial charge on any atom is 0.319 e. The van der Waals surface area contributed by atoms with Crippen molar-refractivity contribution in [3.05, 3.63) is 66.1 Å². The van der Waals surface area contributed by atoms with Gasteiger partial charge < -0.3 is 14.2 Å². The molecule has 7 nitrogen and oxygen atoms in total. The summed E-state index contributed by atoms with van der Waals surface area (Å²) in [5.74, 6) is 0.367. The lowest BCUT2D eigenvalue weighted by atomic mass is 10.2. The average molecular weight is 395 g/mol. The quantitative estimate of drug-likeness (QED) is 0.488. The number of nitrogens with zero attached hydrogens (tertiary/aromatic N) is 3. The highest BCUT2D eigenvalue weighted by molar-refractivity contribution is 7.22. The molecule has 1 aromatic heterocycles. The van der Waals surface area contributed by atoms with Crippen LogP contribution in [-0.4, -0.2) is 37.4 Å². The number of ether oxygens (including phenoxy) is 3. The van der Waals surface area contributed by atoms with Crippen LogP contribution in [-0.2, 0) is 14.3 Å². The first kappa shape index (κ1) is 18.0. The monoisotopic (exact) mass is 395 g/mol. The number of carbonyl (C=O) groups excluding carboxylic acids is 1. The van der Waals surface area contributed by atoms with Gasteiger partial charge in [-0.25, -0.2) is 4.98 Å². The Morgan fingerprint density at radius 1 is 1.25 bits per heavy atom. The maximum absolute atomic E-state index is 13.0. The van der Waals surface area contributed by atoms with Gasteiger partial charge in [0.25, 0.3) is 0 Å². The van der Waals surface area contributed by atoms with E-state index in [1.807, 2.05) is 48.5 Å². The number of thiazole rings is 1. The summed E-state index contributed by atoms with van der Waals surface area (Å²) in [6, 6.07) is 15.1. The zero-order valence-corrected chi connectivity index (χ0v) is 15.9. The number of amides is 1. The highest BCUT2D eigenvalue weighted by Gasteiger charge is 2.26. The molecular formula is C20H17N3O4S. The first-order chi connectivity index (χ1) is 13.7. The molecule has 3 aromatic rings. The van der Waals surface area contributed by atoms with Crippen LogP contribution in [0.5, 0.6) is 5.75 Å². The third-order valence-electron chi connectivity index (χ3n) is 3.94. The van der Waals surface area contributed by atoms with E-state index in [1.54, 1.807) is 13.3 Å². The molecular weight excluding hydrogens is 378 g/mol. The van der Waals surface area contributed by atoms with Crippen molar-refractivity contribution >= 4 is 38.8 Å². The van der Waals surface area contributed by atoms with E-state index in [-0.39, 0.29) is 5.76 Å². The smallest absolute Gasteiger partial charge is 0.319 e. The Morgan fingerprint density at radius 3 is 2.86 bits per heavy atom. The molecule has 2 heterocycles. The summed E-state index contributed by atoms with van der Waals surface area (Å²) in [4.78, 5) is 17.5. The van der Waals surface area contributed by atoms with Crippen LogP contribution in [0.2, 0.25) is 0 Å². The standard InChI is InChI=1S/C20H17N3O4S/c1-25-15-7-8-16-18(11-15)28-20(22-16)23(19(24)17-13-26-9-10-27-17)21-12-14-5-3-2-4-6-14/h2-8,11-13H,9-10H2,1H3. The number of benzene rings is 2. The van der Waals surface area contributed by atoms with Crippen molar-refractivity contribution in [2.75, 3.05) is 25.3 Å². The molecule has 0 spiro atoms. The lowest BCUT2D eigenvalue weighted by molar-refractivity contribution is -0.119. The third kappa shape index (κ3) is 3.81. The van der Waals surface area contributed by atoms with Gasteiger partial charge in [0.05, 0.1) is 23.5 Å². The van der Waals surface area contributed by atoms with Gasteiger partial charge in [0, 0.05) is 0 Å². The summed E-state index contributed by atoms with van der Waals surface area (Å²) in [5, 5.41) is 6.03. The Bertz CT molecular complexity index is 1050. The van der Waals surface area contributed by atoms with Crippen LogP contribution < -0.4 is 9.75 Å². The van der Waals surface area contributed by atoms with Crippen LogP contribution in [0.4, 0.5) is 5.13 Å². The van der Waals surface area contributed by atoms with Gasteiger partial charge in [-0.15, -0.1) is 0 Å². The van der Waals surface area contributed by atoms with Crippen molar-refractivity contribution in [3.8, 4) is 5.75 Å². The summed E-state index contributed by atoms with van der Waals surface area (Å²) in [7, 11) is 1.61. The van der Waals surface area contributed by atoms with Gasteiger partial charge in [-0.2, -0.15) is 10.1 Å². The molecule has 0 saturated carbocycles. The van der Waals surface area contributed by atoms with E-state index in [9.17, 15) is 4.79 Å². The highest BCUT2D eigenvalue weighted by Crippen LogP contribution is 2.32. The zero-order chi connectivity index (χ0) is 19.3. The van der Waals surface area contributed by atoms with Gasteiger partial charge in [-0.1, -0.05) is 41.7 Å². The largest absolute Gasteiger partial charge is 0.497 e. The molecule has 2 aromatic carbocycles. The third-order valence-corrected chi connectivity index (χ3v) is 4.93. The fraction of sp³-hybridized carbons (Fsp3) is 0.150. The molecule has 0 fully saturated rings. The SMILES string of the molecule is COc1ccc2nc(N(N=Cc3ccccc3)C(=O)C3=COCCO3)sc2c1. The van der Waals surface area contributed by atoms with Gasteiger partial charge in [0.1, 0.15) is 25.2 Å². The van der Waals surface area contributed by atoms with Crippen LogP contribution in [0.15, 0.2) is 65.7 Å². The molecule has 0 unspecified atom stereocenters. The predicted octanol–water partition coefficient (Wildman–Crippen LogP) is 3.56. The molecule has 0 bridgehead atoms. The molecule has 8 heteroatoms. The molecule has 1 aliphatic heterocycles. The first-order valence-electron chi connectivity index (χ1n) is 8.57. The Hall–Kier alpha value is -3.39. The van der Waals surface area contributed by atoms with E-state index in [1.165, 1.54) is 22.6 Å². The molecule has 0 N–H and O–H groups in total. The predicted molar refractivity (Wildman–Crippen MR) is 108 cm³/mol. The lowest BCUT2D eigenvalue weighted by Crippen LogP contribution is -2.30. The number of rotatable bonds is 5.